The number of hydrogen-bond donors (Lipinski definition) is 2. The zero-order chi connectivity index (χ0) is 15.0. The van der Waals surface area contributed by atoms with Crippen LogP contribution in [0.15, 0.2) is 11.4 Å². The van der Waals surface area contributed by atoms with Gasteiger partial charge in [0.2, 0.25) is 0 Å². The fourth-order valence-corrected chi connectivity index (χ4v) is 4.09. The summed E-state index contributed by atoms with van der Waals surface area (Å²) in [5.74, 6) is 0.0794. The van der Waals surface area contributed by atoms with Crippen LogP contribution in [0.5, 0.6) is 0 Å². The topological polar surface area (TPSA) is 33.5 Å². The third-order valence-electron chi connectivity index (χ3n) is 4.19. The summed E-state index contributed by atoms with van der Waals surface area (Å²) >= 11 is 1.75. The van der Waals surface area contributed by atoms with Crippen LogP contribution in [-0.2, 0) is 11.2 Å². The first-order valence-corrected chi connectivity index (χ1v) is 8.06. The van der Waals surface area contributed by atoms with Crippen molar-refractivity contribution in [3.63, 3.8) is 0 Å². The van der Waals surface area contributed by atoms with Gasteiger partial charge in [0.05, 0.1) is 6.54 Å². The lowest BCUT2D eigenvalue weighted by Gasteiger charge is -2.32. The Morgan fingerprint density at radius 2 is 2.19 bits per heavy atom. The fraction of sp³-hybridized carbons (Fsp3) is 0.643. The van der Waals surface area contributed by atoms with Crippen LogP contribution in [0.2, 0.25) is 0 Å². The molecule has 0 saturated heterocycles. The Morgan fingerprint density at radius 1 is 1.43 bits per heavy atom. The van der Waals surface area contributed by atoms with E-state index in [9.17, 15) is 18.0 Å². The van der Waals surface area contributed by atoms with Gasteiger partial charge in [-0.15, -0.1) is 11.3 Å². The molecule has 0 radical (unpaired) electrons. The molecule has 1 aliphatic heterocycles. The Kier molecular flexibility index (Phi) is 3.96. The molecule has 116 valence electrons. The van der Waals surface area contributed by atoms with Crippen molar-refractivity contribution in [2.24, 2.45) is 5.92 Å². The number of quaternary nitrogens is 1. The van der Waals surface area contributed by atoms with Crippen molar-refractivity contribution < 1.29 is 22.9 Å². The van der Waals surface area contributed by atoms with Gasteiger partial charge in [0.1, 0.15) is 12.6 Å². The van der Waals surface area contributed by atoms with E-state index in [0.29, 0.717) is 5.92 Å². The van der Waals surface area contributed by atoms with Gasteiger partial charge >= 0.3 is 6.18 Å². The van der Waals surface area contributed by atoms with E-state index in [1.165, 1.54) is 10.4 Å². The van der Waals surface area contributed by atoms with E-state index in [1.807, 2.05) is 5.32 Å². The number of alkyl halides is 3. The highest BCUT2D eigenvalue weighted by Gasteiger charge is 2.43. The highest BCUT2D eigenvalue weighted by molar-refractivity contribution is 7.10. The van der Waals surface area contributed by atoms with Gasteiger partial charge in [0.15, 0.2) is 6.54 Å². The molecule has 21 heavy (non-hydrogen) atoms. The van der Waals surface area contributed by atoms with Crippen LogP contribution in [0.25, 0.3) is 0 Å². The van der Waals surface area contributed by atoms with E-state index in [0.717, 1.165) is 30.7 Å². The number of rotatable bonds is 4. The molecule has 1 unspecified atom stereocenters. The maximum absolute atomic E-state index is 12.1. The number of amides is 1. The van der Waals surface area contributed by atoms with E-state index in [4.69, 9.17) is 0 Å². The average molecular weight is 319 g/mol. The molecule has 1 aromatic heterocycles. The predicted octanol–water partition coefficient (Wildman–Crippen LogP) is 1.32. The van der Waals surface area contributed by atoms with E-state index in [2.05, 4.69) is 11.4 Å². The predicted molar refractivity (Wildman–Crippen MR) is 73.2 cm³/mol. The molecule has 1 aliphatic carbocycles. The molecule has 1 amide bonds. The third-order valence-corrected chi connectivity index (χ3v) is 5.19. The van der Waals surface area contributed by atoms with Gasteiger partial charge in [-0.1, -0.05) is 0 Å². The smallest absolute Gasteiger partial charge is 0.342 e. The van der Waals surface area contributed by atoms with E-state index in [1.54, 1.807) is 11.3 Å². The van der Waals surface area contributed by atoms with Crippen LogP contribution in [-0.4, -0.2) is 31.7 Å². The molecular formula is C14H18F3N2OS+. The Morgan fingerprint density at radius 3 is 2.86 bits per heavy atom. The standard InChI is InChI=1S/C14H17F3N2OS/c15-14(16,17)8-18-12(20)7-19-5-3-11-10(4-6-21-11)13(19)9-1-2-9/h4,6,9,13H,1-3,5,7-8H2,(H,18,20)/p+1/t13-/m0/s1. The second kappa shape index (κ2) is 5.61. The van der Waals surface area contributed by atoms with Gasteiger partial charge in [-0.25, -0.2) is 0 Å². The second-order valence-corrected chi connectivity index (χ2v) is 6.84. The molecular weight excluding hydrogens is 301 g/mol. The quantitative estimate of drug-likeness (QED) is 0.862. The minimum atomic E-state index is -4.34. The largest absolute Gasteiger partial charge is 0.405 e. The minimum Gasteiger partial charge on any atom is -0.342 e. The molecule has 0 aromatic carbocycles. The van der Waals surface area contributed by atoms with Crippen LogP contribution in [0.3, 0.4) is 0 Å². The van der Waals surface area contributed by atoms with Gasteiger partial charge in [-0.2, -0.15) is 13.2 Å². The maximum atomic E-state index is 12.1. The third kappa shape index (κ3) is 3.58. The van der Waals surface area contributed by atoms with Gasteiger partial charge in [0, 0.05) is 22.8 Å². The van der Waals surface area contributed by atoms with Crippen LogP contribution < -0.4 is 10.2 Å². The van der Waals surface area contributed by atoms with Crippen molar-refractivity contribution in [1.29, 1.82) is 0 Å². The zero-order valence-electron chi connectivity index (χ0n) is 11.5. The number of carbonyl (C=O) groups is 1. The maximum Gasteiger partial charge on any atom is 0.405 e. The van der Waals surface area contributed by atoms with Crippen LogP contribution in [0.4, 0.5) is 13.2 Å². The lowest BCUT2D eigenvalue weighted by atomic mass is 9.96. The minimum absolute atomic E-state index is 0.131. The molecule has 0 spiro atoms. The zero-order valence-corrected chi connectivity index (χ0v) is 12.3. The van der Waals surface area contributed by atoms with Crippen molar-refractivity contribution >= 4 is 17.2 Å². The summed E-state index contributed by atoms with van der Waals surface area (Å²) in [4.78, 5) is 14.3. The number of fused-ring (bicyclic) bond motifs is 1. The average Bonchev–Trinajstić information content (AvgIpc) is 3.12. The number of halogens is 3. The van der Waals surface area contributed by atoms with Gasteiger partial charge < -0.3 is 10.2 Å². The summed E-state index contributed by atoms with van der Waals surface area (Å²) in [6, 6.07) is 2.41. The molecule has 2 atom stereocenters. The molecule has 3 rings (SSSR count). The first kappa shape index (κ1) is 14.8. The molecule has 2 N–H and O–H groups in total. The van der Waals surface area contributed by atoms with Gasteiger partial charge in [-0.3, -0.25) is 4.79 Å². The fourth-order valence-electron chi connectivity index (χ4n) is 3.16. The molecule has 1 fully saturated rings. The molecule has 1 aromatic rings. The van der Waals surface area contributed by atoms with Crippen molar-refractivity contribution in [2.45, 2.75) is 31.5 Å². The van der Waals surface area contributed by atoms with Crippen molar-refractivity contribution in [2.75, 3.05) is 19.6 Å². The molecule has 2 aliphatic rings. The number of carbonyl (C=O) groups excluding carboxylic acids is 1. The number of hydrogen-bond acceptors (Lipinski definition) is 2. The normalized spacial score (nSPS) is 25.5. The Bertz CT molecular complexity index is 525. The first-order chi connectivity index (χ1) is 9.94. The van der Waals surface area contributed by atoms with Crippen molar-refractivity contribution in [3.05, 3.63) is 21.9 Å². The summed E-state index contributed by atoms with van der Waals surface area (Å²) in [6.45, 7) is -0.280. The van der Waals surface area contributed by atoms with Crippen LogP contribution in [0, 0.1) is 5.92 Å². The Labute approximate surface area is 125 Å². The summed E-state index contributed by atoms with van der Waals surface area (Å²) in [7, 11) is 0. The van der Waals surface area contributed by atoms with E-state index in [-0.39, 0.29) is 12.6 Å². The summed E-state index contributed by atoms with van der Waals surface area (Å²) in [6.07, 6.45) is -1.11. The summed E-state index contributed by atoms with van der Waals surface area (Å²) in [5.41, 5.74) is 1.31. The Balaban J connectivity index is 1.64. The summed E-state index contributed by atoms with van der Waals surface area (Å²) in [5, 5.41) is 4.06. The Hall–Kier alpha value is -1.08. The van der Waals surface area contributed by atoms with E-state index < -0.39 is 18.6 Å². The lowest BCUT2D eigenvalue weighted by molar-refractivity contribution is -0.928. The monoisotopic (exact) mass is 319 g/mol. The van der Waals surface area contributed by atoms with Crippen LogP contribution in [0.1, 0.15) is 29.3 Å². The highest BCUT2D eigenvalue weighted by Crippen LogP contribution is 2.42. The summed E-state index contributed by atoms with van der Waals surface area (Å²) < 4.78 is 36.4. The SMILES string of the molecule is O=C(C[NH+]1CCc2sccc2[C@@H]1C1CC1)NCC(F)(F)F. The van der Waals surface area contributed by atoms with Gasteiger partial charge in [-0.05, 0) is 24.3 Å². The molecule has 7 heteroatoms. The van der Waals surface area contributed by atoms with E-state index >= 15 is 0 Å². The second-order valence-electron chi connectivity index (χ2n) is 5.84. The molecule has 0 bridgehead atoms. The number of nitrogens with one attached hydrogen (secondary N) is 2. The molecule has 3 nitrogen and oxygen atoms in total. The van der Waals surface area contributed by atoms with Crippen molar-refractivity contribution in [3.8, 4) is 0 Å². The molecule has 2 heterocycles. The first-order valence-electron chi connectivity index (χ1n) is 7.18. The van der Waals surface area contributed by atoms with Crippen LogP contribution >= 0.6 is 11.3 Å². The van der Waals surface area contributed by atoms with Gasteiger partial charge in [0.25, 0.3) is 5.91 Å². The van der Waals surface area contributed by atoms with Crippen molar-refractivity contribution in [1.82, 2.24) is 5.32 Å². The molecule has 1 saturated carbocycles. The highest BCUT2D eigenvalue weighted by atomic mass is 32.1. The number of thiophene rings is 1. The lowest BCUT2D eigenvalue weighted by Crippen LogP contribution is -3.14.